The van der Waals surface area contributed by atoms with Gasteiger partial charge in [0.15, 0.2) is 0 Å². The van der Waals surface area contributed by atoms with E-state index in [0.717, 1.165) is 4.47 Å². The predicted molar refractivity (Wildman–Crippen MR) is 73.3 cm³/mol. The van der Waals surface area contributed by atoms with Gasteiger partial charge in [0.05, 0.1) is 0 Å². The van der Waals surface area contributed by atoms with E-state index in [1.807, 2.05) is 13.1 Å². The average Bonchev–Trinajstić information content (AvgIpc) is 2.26. The van der Waals surface area contributed by atoms with Crippen LogP contribution in [0.4, 0.5) is 0 Å². The summed E-state index contributed by atoms with van der Waals surface area (Å²) in [5.41, 5.74) is 7.17. The molecule has 16 heavy (non-hydrogen) atoms. The van der Waals surface area contributed by atoms with Gasteiger partial charge in [-0.3, -0.25) is 0 Å². The molecule has 0 saturated carbocycles. The smallest absolute Gasteiger partial charge is 0.0371 e. The summed E-state index contributed by atoms with van der Waals surface area (Å²) >= 11 is 3.60. The summed E-state index contributed by atoms with van der Waals surface area (Å²) < 4.78 is 1.15. The normalized spacial score (nSPS) is 15.1. The van der Waals surface area contributed by atoms with Crippen LogP contribution in [0, 0.1) is 11.8 Å². The molecule has 1 rings (SSSR count). The molecule has 0 saturated heterocycles. The van der Waals surface area contributed by atoms with E-state index in [2.05, 4.69) is 53.3 Å². The summed E-state index contributed by atoms with van der Waals surface area (Å²) in [5.74, 6) is 1.01. The Labute approximate surface area is 107 Å². The monoisotopic (exact) mass is 284 g/mol. The number of nitrogens with two attached hydrogens (primary N) is 1. The standard InChI is InChI=1S/C13H21BrN2/c1-9(2)11(8-15)13(16-3)10-6-4-5-7-12(10)14/h4-7,9,11,13,16H,8,15H2,1-3H3. The second-order valence-corrected chi connectivity index (χ2v) is 5.29. The minimum atomic E-state index is 0.306. The van der Waals surface area contributed by atoms with Crippen molar-refractivity contribution in [1.29, 1.82) is 0 Å². The highest BCUT2D eigenvalue weighted by atomic mass is 79.9. The Morgan fingerprint density at radius 1 is 1.31 bits per heavy atom. The number of nitrogens with one attached hydrogen (secondary N) is 1. The van der Waals surface area contributed by atoms with Gasteiger partial charge in [0.25, 0.3) is 0 Å². The van der Waals surface area contributed by atoms with Crippen LogP contribution in [0.2, 0.25) is 0 Å². The molecule has 0 aliphatic rings. The second-order valence-electron chi connectivity index (χ2n) is 4.43. The number of halogens is 1. The number of hydrogen-bond donors (Lipinski definition) is 2. The fourth-order valence-electron chi connectivity index (χ4n) is 2.12. The molecular weight excluding hydrogens is 264 g/mol. The van der Waals surface area contributed by atoms with Gasteiger partial charge in [0.2, 0.25) is 0 Å². The first kappa shape index (κ1) is 13.7. The molecule has 0 radical (unpaired) electrons. The summed E-state index contributed by atoms with van der Waals surface area (Å²) in [6, 6.07) is 8.63. The zero-order chi connectivity index (χ0) is 12.1. The number of rotatable bonds is 5. The molecule has 0 aliphatic heterocycles. The largest absolute Gasteiger partial charge is 0.330 e. The average molecular weight is 285 g/mol. The molecule has 2 nitrogen and oxygen atoms in total. The lowest BCUT2D eigenvalue weighted by Crippen LogP contribution is -2.34. The molecule has 0 bridgehead atoms. The van der Waals surface area contributed by atoms with Gasteiger partial charge < -0.3 is 11.1 Å². The molecule has 3 heteroatoms. The molecule has 0 amide bonds. The van der Waals surface area contributed by atoms with E-state index in [1.54, 1.807) is 0 Å². The van der Waals surface area contributed by atoms with E-state index in [0.29, 0.717) is 24.4 Å². The molecule has 0 aromatic heterocycles. The minimum absolute atomic E-state index is 0.306. The summed E-state index contributed by atoms with van der Waals surface area (Å²) in [6.45, 7) is 5.14. The summed E-state index contributed by atoms with van der Waals surface area (Å²) in [4.78, 5) is 0. The maximum atomic E-state index is 5.88. The first-order valence-electron chi connectivity index (χ1n) is 5.73. The maximum Gasteiger partial charge on any atom is 0.0371 e. The van der Waals surface area contributed by atoms with E-state index >= 15 is 0 Å². The third-order valence-corrected chi connectivity index (χ3v) is 3.83. The van der Waals surface area contributed by atoms with Gasteiger partial charge in [0, 0.05) is 10.5 Å². The Morgan fingerprint density at radius 2 is 1.94 bits per heavy atom. The lowest BCUT2D eigenvalue weighted by molar-refractivity contribution is 0.298. The molecule has 1 aromatic carbocycles. The molecule has 0 spiro atoms. The Balaban J connectivity index is 3.02. The van der Waals surface area contributed by atoms with Gasteiger partial charge in [-0.15, -0.1) is 0 Å². The van der Waals surface area contributed by atoms with Crippen molar-refractivity contribution < 1.29 is 0 Å². The van der Waals surface area contributed by atoms with Crippen molar-refractivity contribution in [2.24, 2.45) is 17.6 Å². The van der Waals surface area contributed by atoms with Crippen molar-refractivity contribution in [3.63, 3.8) is 0 Å². The third-order valence-electron chi connectivity index (χ3n) is 3.11. The molecule has 90 valence electrons. The van der Waals surface area contributed by atoms with E-state index in [4.69, 9.17) is 5.73 Å². The van der Waals surface area contributed by atoms with Crippen LogP contribution in [0.15, 0.2) is 28.7 Å². The highest BCUT2D eigenvalue weighted by Crippen LogP contribution is 2.31. The van der Waals surface area contributed by atoms with Crippen molar-refractivity contribution in [1.82, 2.24) is 5.32 Å². The highest BCUT2D eigenvalue weighted by Gasteiger charge is 2.24. The van der Waals surface area contributed by atoms with E-state index in [9.17, 15) is 0 Å². The number of benzene rings is 1. The maximum absolute atomic E-state index is 5.88. The Bertz CT molecular complexity index is 325. The van der Waals surface area contributed by atoms with Gasteiger partial charge in [-0.1, -0.05) is 48.0 Å². The van der Waals surface area contributed by atoms with Gasteiger partial charge in [-0.2, -0.15) is 0 Å². The molecular formula is C13H21BrN2. The van der Waals surface area contributed by atoms with Crippen molar-refractivity contribution in [2.45, 2.75) is 19.9 Å². The molecule has 0 aliphatic carbocycles. The lowest BCUT2D eigenvalue weighted by atomic mass is 9.84. The van der Waals surface area contributed by atoms with Gasteiger partial charge in [-0.25, -0.2) is 0 Å². The van der Waals surface area contributed by atoms with Crippen LogP contribution < -0.4 is 11.1 Å². The fourth-order valence-corrected chi connectivity index (χ4v) is 2.65. The quantitative estimate of drug-likeness (QED) is 0.873. The van der Waals surface area contributed by atoms with E-state index in [-0.39, 0.29) is 0 Å². The van der Waals surface area contributed by atoms with Crippen molar-refractivity contribution >= 4 is 15.9 Å². The zero-order valence-corrected chi connectivity index (χ0v) is 11.8. The van der Waals surface area contributed by atoms with Crippen LogP contribution in [0.25, 0.3) is 0 Å². The summed E-state index contributed by atoms with van der Waals surface area (Å²) in [5, 5.41) is 3.38. The third kappa shape index (κ3) is 3.06. The van der Waals surface area contributed by atoms with Crippen LogP contribution in [0.1, 0.15) is 25.5 Å². The van der Waals surface area contributed by atoms with Gasteiger partial charge in [-0.05, 0) is 37.1 Å². The molecule has 0 fully saturated rings. The van der Waals surface area contributed by atoms with Crippen LogP contribution in [0.5, 0.6) is 0 Å². The topological polar surface area (TPSA) is 38.0 Å². The van der Waals surface area contributed by atoms with Crippen molar-refractivity contribution in [3.8, 4) is 0 Å². The first-order chi connectivity index (χ1) is 7.61. The van der Waals surface area contributed by atoms with Crippen molar-refractivity contribution in [3.05, 3.63) is 34.3 Å². The Morgan fingerprint density at radius 3 is 2.38 bits per heavy atom. The second kappa shape index (κ2) is 6.38. The van der Waals surface area contributed by atoms with E-state index < -0.39 is 0 Å². The van der Waals surface area contributed by atoms with Gasteiger partial charge >= 0.3 is 0 Å². The summed E-state index contributed by atoms with van der Waals surface area (Å²) in [6.07, 6.45) is 0. The molecule has 2 unspecified atom stereocenters. The molecule has 1 aromatic rings. The Hall–Kier alpha value is -0.380. The van der Waals surface area contributed by atoms with Crippen LogP contribution in [-0.2, 0) is 0 Å². The van der Waals surface area contributed by atoms with Crippen LogP contribution in [0.3, 0.4) is 0 Å². The van der Waals surface area contributed by atoms with Gasteiger partial charge in [0.1, 0.15) is 0 Å². The fraction of sp³-hybridized carbons (Fsp3) is 0.538. The minimum Gasteiger partial charge on any atom is -0.330 e. The summed E-state index contributed by atoms with van der Waals surface area (Å²) in [7, 11) is 2.00. The Kier molecular flexibility index (Phi) is 5.46. The van der Waals surface area contributed by atoms with Crippen LogP contribution in [-0.4, -0.2) is 13.6 Å². The van der Waals surface area contributed by atoms with E-state index in [1.165, 1.54) is 5.56 Å². The highest BCUT2D eigenvalue weighted by molar-refractivity contribution is 9.10. The molecule has 3 N–H and O–H groups in total. The van der Waals surface area contributed by atoms with Crippen LogP contribution >= 0.6 is 15.9 Å². The predicted octanol–water partition coefficient (Wildman–Crippen LogP) is 2.94. The molecule has 2 atom stereocenters. The first-order valence-corrected chi connectivity index (χ1v) is 6.52. The SMILES string of the molecule is CNC(c1ccccc1Br)C(CN)C(C)C. The lowest BCUT2D eigenvalue weighted by Gasteiger charge is -2.30. The van der Waals surface area contributed by atoms with Crippen molar-refractivity contribution in [2.75, 3.05) is 13.6 Å². The zero-order valence-electron chi connectivity index (χ0n) is 10.2. The number of hydrogen-bond acceptors (Lipinski definition) is 2. The molecule has 0 heterocycles.